The molecule has 8 aromatic rings. The number of fused-ring (bicyclic) bond motifs is 2. The van der Waals surface area contributed by atoms with E-state index in [1.165, 1.54) is 53.0 Å². The maximum Gasteiger partial charge on any atom is 0.262 e. The highest BCUT2D eigenvalue weighted by Gasteiger charge is 2.17. The molecule has 0 saturated heterocycles. The van der Waals surface area contributed by atoms with E-state index in [0.717, 1.165) is 13.1 Å². The summed E-state index contributed by atoms with van der Waals surface area (Å²) in [6.07, 6.45) is 12.4. The smallest absolute Gasteiger partial charge is 0.262 e. The predicted octanol–water partition coefficient (Wildman–Crippen LogP) is 5.18. The van der Waals surface area contributed by atoms with E-state index in [1.807, 2.05) is 33.4 Å². The molecule has 4 aromatic heterocycles. The van der Waals surface area contributed by atoms with E-state index in [9.17, 15) is 0 Å². The average Bonchev–Trinajstić information content (AvgIpc) is 4.05. The summed E-state index contributed by atoms with van der Waals surface area (Å²) < 4.78 is 7.41. The molecule has 292 valence electrons. The molecule has 12 heteroatoms. The van der Waals surface area contributed by atoms with Crippen LogP contribution in [0.3, 0.4) is 0 Å². The lowest BCUT2D eigenvalue weighted by atomic mass is 10.2. The molecule has 0 bridgehead atoms. The molecule has 0 aliphatic heterocycles. The minimum atomic E-state index is 0. The predicted molar refractivity (Wildman–Crippen MR) is 239 cm³/mol. The molecule has 0 radical (unpaired) electrons. The van der Waals surface area contributed by atoms with Crippen LogP contribution in [-0.4, -0.2) is 38.2 Å². The Kier molecular flexibility index (Phi) is 20.9. The van der Waals surface area contributed by atoms with Gasteiger partial charge in [0, 0.05) is 87.0 Å². The van der Waals surface area contributed by atoms with Crippen LogP contribution in [0.15, 0.2) is 131 Å². The molecule has 0 amide bonds. The van der Waals surface area contributed by atoms with Gasteiger partial charge in [-0.3, -0.25) is 9.97 Å². The molecule has 0 unspecified atom stereocenters. The fourth-order valence-corrected chi connectivity index (χ4v) is 8.42. The number of hydrogen-bond donors (Lipinski definition) is 0. The molecule has 4 aromatic carbocycles. The van der Waals surface area contributed by atoms with Crippen LogP contribution in [0.4, 0.5) is 11.4 Å². The van der Waals surface area contributed by atoms with Crippen LogP contribution in [0.2, 0.25) is 0 Å². The van der Waals surface area contributed by atoms with Crippen molar-refractivity contribution in [1.29, 1.82) is 0 Å². The van der Waals surface area contributed by atoms with Gasteiger partial charge in [-0.25, -0.2) is 0 Å². The van der Waals surface area contributed by atoms with Crippen molar-refractivity contribution in [1.82, 2.24) is 9.97 Å². The Bertz CT molecular complexity index is 2110. The summed E-state index contributed by atoms with van der Waals surface area (Å²) in [6, 6.07) is 34.4. The highest BCUT2D eigenvalue weighted by Crippen LogP contribution is 2.24. The molecule has 0 aliphatic carbocycles. The molecule has 0 fully saturated rings. The van der Waals surface area contributed by atoms with E-state index in [0.29, 0.717) is 0 Å². The van der Waals surface area contributed by atoms with Crippen molar-refractivity contribution >= 4 is 101 Å². The second kappa shape index (κ2) is 25.0. The molecule has 8 rings (SSSR count). The number of thiazole rings is 4. The van der Waals surface area contributed by atoms with E-state index in [-0.39, 0.29) is 48.0 Å². The van der Waals surface area contributed by atoms with Gasteiger partial charge in [-0.15, -0.1) is 22.7 Å². The Balaban J connectivity index is 0.000000233. The summed E-state index contributed by atoms with van der Waals surface area (Å²) in [5.41, 5.74) is 11.1. The molecular formula is C44H48I2N6S4. The summed E-state index contributed by atoms with van der Waals surface area (Å²) in [4.78, 5) is 11.7. The van der Waals surface area contributed by atoms with E-state index in [1.54, 1.807) is 46.1 Å². The minimum absolute atomic E-state index is 0. The fourth-order valence-electron chi connectivity index (χ4n) is 5.46. The fraction of sp³-hybridized carbons (Fsp3) is 0.182. The first-order valence-corrected chi connectivity index (χ1v) is 21.3. The van der Waals surface area contributed by atoms with Crippen LogP contribution < -0.4 is 66.9 Å². The van der Waals surface area contributed by atoms with Gasteiger partial charge in [-0.05, 0) is 73.5 Å². The summed E-state index contributed by atoms with van der Waals surface area (Å²) in [5.74, 6) is 0. The third kappa shape index (κ3) is 13.8. The largest absolute Gasteiger partial charge is 1.00 e. The zero-order chi connectivity index (χ0) is 38.1. The van der Waals surface area contributed by atoms with Gasteiger partial charge in [0.05, 0.1) is 11.0 Å². The van der Waals surface area contributed by atoms with Crippen LogP contribution in [0.25, 0.3) is 44.7 Å². The number of aromatic nitrogens is 4. The summed E-state index contributed by atoms with van der Waals surface area (Å²) in [7, 11) is 8.25. The molecule has 0 aliphatic rings. The monoisotopic (exact) mass is 1040 g/mol. The first-order chi connectivity index (χ1) is 26.4. The molecule has 56 heavy (non-hydrogen) atoms. The van der Waals surface area contributed by atoms with Crippen molar-refractivity contribution in [3.63, 3.8) is 0 Å². The lowest BCUT2D eigenvalue weighted by Crippen LogP contribution is -3.00. The summed E-state index contributed by atoms with van der Waals surface area (Å²) in [5, 5.41) is 6.45. The Labute approximate surface area is 382 Å². The van der Waals surface area contributed by atoms with Crippen LogP contribution in [0, 0.1) is 0 Å². The number of hydrogen-bond acceptors (Lipinski definition) is 8. The lowest BCUT2D eigenvalue weighted by molar-refractivity contribution is -0.665. The summed E-state index contributed by atoms with van der Waals surface area (Å²) in [6.45, 7) is 6.37. The number of anilines is 2. The Morgan fingerprint density at radius 2 is 0.893 bits per heavy atom. The number of benzene rings is 4. The van der Waals surface area contributed by atoms with Crippen molar-refractivity contribution in [2.24, 2.45) is 0 Å². The first kappa shape index (κ1) is 46.8. The second-order valence-corrected chi connectivity index (χ2v) is 15.9. The average molecular weight is 1040 g/mol. The van der Waals surface area contributed by atoms with Crippen LogP contribution in [0.1, 0.15) is 35.0 Å². The van der Waals surface area contributed by atoms with Crippen molar-refractivity contribution in [3.05, 3.63) is 152 Å². The normalized spacial score (nSPS) is 10.4. The number of aryl methyl sites for hydroxylation is 2. The third-order valence-electron chi connectivity index (χ3n) is 8.26. The number of nitrogens with zero attached hydrogens (tertiary/aromatic N) is 6. The van der Waals surface area contributed by atoms with Crippen molar-refractivity contribution in [2.75, 3.05) is 38.0 Å². The number of para-hydroxylation sites is 2. The van der Waals surface area contributed by atoms with Gasteiger partial charge in [0.25, 0.3) is 10.0 Å². The van der Waals surface area contributed by atoms with Gasteiger partial charge in [-0.2, -0.15) is 9.13 Å². The highest BCUT2D eigenvalue weighted by molar-refractivity contribution is 7.19. The van der Waals surface area contributed by atoms with Crippen LogP contribution in [-0.2, 0) is 13.1 Å². The Morgan fingerprint density at radius 3 is 1.18 bits per heavy atom. The van der Waals surface area contributed by atoms with Crippen LogP contribution >= 0.6 is 45.3 Å². The van der Waals surface area contributed by atoms with Crippen molar-refractivity contribution < 1.29 is 57.1 Å². The molecule has 0 atom stereocenters. The first-order valence-electron chi connectivity index (χ1n) is 17.8. The third-order valence-corrected chi connectivity index (χ3v) is 11.6. The quantitative estimate of drug-likeness (QED) is 0.156. The van der Waals surface area contributed by atoms with Gasteiger partial charge in [-0.1, -0.05) is 71.2 Å². The van der Waals surface area contributed by atoms with Gasteiger partial charge >= 0.3 is 0 Å². The Morgan fingerprint density at radius 1 is 0.518 bits per heavy atom. The van der Waals surface area contributed by atoms with E-state index >= 15 is 0 Å². The summed E-state index contributed by atoms with van der Waals surface area (Å²) >= 11 is 6.89. The lowest BCUT2D eigenvalue weighted by Gasteiger charge is -2.11. The topological polar surface area (TPSA) is 40.0 Å². The maximum atomic E-state index is 3.74. The minimum Gasteiger partial charge on any atom is -1.00 e. The van der Waals surface area contributed by atoms with E-state index in [4.69, 9.17) is 0 Å². The van der Waals surface area contributed by atoms with Gasteiger partial charge in [0.2, 0.25) is 11.0 Å². The van der Waals surface area contributed by atoms with Gasteiger partial charge in [0.15, 0.2) is 0 Å². The molecule has 4 heterocycles. The SMILES string of the molecule is CC[n+]1c(C=Cc2ccc(N(C)C)cc2)sc2ccccc21.CC[n+]1c(C=Cc2ccc(N(C)C)cc2)sc2ccccc21.[I-].[I-].c1cscn1.c1cscn1. The standard InChI is InChI=1S/2C19H21N2S.2C3H3NS.2HI/c2*1-4-21-17-7-5-6-8-18(17)22-19(21)14-11-15-9-12-16(13-10-15)20(2)3;2*1-2-5-3-4-1;;/h2*5-14H,4H2,1-3H3;2*1-3H;2*1H/q2*+1;;;;/p-2. The zero-order valence-corrected chi connectivity index (χ0v) is 40.1. The maximum absolute atomic E-state index is 3.74. The van der Waals surface area contributed by atoms with Crippen molar-refractivity contribution in [3.8, 4) is 0 Å². The molecule has 0 spiro atoms. The zero-order valence-electron chi connectivity index (χ0n) is 32.5. The van der Waals surface area contributed by atoms with E-state index in [2.05, 4.69) is 192 Å². The van der Waals surface area contributed by atoms with E-state index < -0.39 is 0 Å². The second-order valence-electron chi connectivity index (χ2n) is 12.3. The van der Waals surface area contributed by atoms with Gasteiger partial charge in [0.1, 0.15) is 22.5 Å². The molecule has 0 N–H and O–H groups in total. The van der Waals surface area contributed by atoms with Crippen LogP contribution in [0.5, 0.6) is 0 Å². The van der Waals surface area contributed by atoms with Crippen molar-refractivity contribution in [2.45, 2.75) is 26.9 Å². The number of halogens is 2. The molecule has 0 saturated carbocycles. The number of rotatable bonds is 8. The molecular weight excluding hydrogens is 995 g/mol. The highest BCUT2D eigenvalue weighted by atomic mass is 127. The molecule has 6 nitrogen and oxygen atoms in total. The Hall–Kier alpha value is -3.54. The van der Waals surface area contributed by atoms with Gasteiger partial charge < -0.3 is 57.8 Å².